The largest absolute Gasteiger partial charge is 3.00 e. The van der Waals surface area contributed by atoms with Crippen molar-refractivity contribution in [2.75, 3.05) is 6.61 Å². The van der Waals surface area contributed by atoms with Crippen LogP contribution in [-0.2, 0) is 23.9 Å². The molecule has 0 spiro atoms. The molecule has 0 bridgehead atoms. The average molecular weight is 517 g/mol. The fourth-order valence-corrected chi connectivity index (χ4v) is 2.87. The first kappa shape index (κ1) is 43.5. The third-order valence-electron chi connectivity index (χ3n) is 4.30. The molecule has 0 aromatic rings. The van der Waals surface area contributed by atoms with Gasteiger partial charge in [0.15, 0.2) is 0 Å². The number of carboxylic acids is 3. The summed E-state index contributed by atoms with van der Waals surface area (Å²) in [6.07, 6.45) is 22.0. The van der Waals surface area contributed by atoms with Crippen LogP contribution in [0.4, 0.5) is 0 Å². The minimum Gasteiger partial charge on any atom is -0.550 e. The van der Waals surface area contributed by atoms with Crippen molar-refractivity contribution in [3.05, 3.63) is 0 Å². The van der Waals surface area contributed by atoms with Gasteiger partial charge in [0.2, 0.25) is 0 Å². The maximum Gasteiger partial charge on any atom is 3.00 e. The van der Waals surface area contributed by atoms with E-state index >= 15 is 0 Å². The predicted molar refractivity (Wildman–Crippen MR) is 134 cm³/mol. The monoisotopic (exact) mass is 516 g/mol. The van der Waals surface area contributed by atoms with E-state index in [1.54, 1.807) is 0 Å². The Morgan fingerprint density at radius 1 is 0.486 bits per heavy atom. The molecular formula is C26H49AlO8. The fraction of sp³-hybridized carbons (Fsp3) is 0.846. The maximum atomic E-state index is 10.6. The Kier molecular flexibility index (Phi) is 49.2. The molecule has 0 atom stereocenters. The molecule has 0 aromatic heterocycles. The average Bonchev–Trinajstić information content (AvgIpc) is 2.69. The molecular weight excluding hydrogens is 467 g/mol. The van der Waals surface area contributed by atoms with Crippen LogP contribution in [0.5, 0.6) is 0 Å². The summed E-state index contributed by atoms with van der Waals surface area (Å²) in [6, 6.07) is 0. The van der Waals surface area contributed by atoms with Gasteiger partial charge < -0.3 is 34.4 Å². The first-order valence-electron chi connectivity index (χ1n) is 12.6. The summed E-state index contributed by atoms with van der Waals surface area (Å²) in [6.45, 7) is 7.28. The molecule has 0 N–H and O–H groups in total. The summed E-state index contributed by atoms with van der Waals surface area (Å²) in [4.78, 5) is 37.2. The Hall–Kier alpha value is -1.59. The third-order valence-corrected chi connectivity index (χ3v) is 4.30. The summed E-state index contributed by atoms with van der Waals surface area (Å²) in [5.74, 6) is -3.40. The van der Waals surface area contributed by atoms with Crippen LogP contribution in [-0.4, -0.2) is 47.8 Å². The van der Waals surface area contributed by atoms with Gasteiger partial charge in [0.1, 0.15) is 0 Å². The second kappa shape index (κ2) is 39.6. The molecule has 204 valence electrons. The predicted octanol–water partition coefficient (Wildman–Crippen LogP) is 2.70. The number of hydrogen-bond donors (Lipinski definition) is 0. The van der Waals surface area contributed by atoms with Gasteiger partial charge in [-0.3, -0.25) is 4.79 Å². The van der Waals surface area contributed by atoms with Gasteiger partial charge in [-0.2, -0.15) is 0 Å². The third kappa shape index (κ3) is 98.9. The van der Waals surface area contributed by atoms with Gasteiger partial charge >= 0.3 is 23.3 Å². The van der Waals surface area contributed by atoms with Crippen LogP contribution in [0.2, 0.25) is 0 Å². The first-order valence-corrected chi connectivity index (χ1v) is 12.6. The molecule has 8 nitrogen and oxygen atoms in total. The quantitative estimate of drug-likeness (QED) is 0.163. The van der Waals surface area contributed by atoms with Crippen LogP contribution < -0.4 is 15.3 Å². The van der Waals surface area contributed by atoms with Crippen molar-refractivity contribution >= 4 is 41.2 Å². The molecule has 35 heavy (non-hydrogen) atoms. The zero-order valence-electron chi connectivity index (χ0n) is 22.9. The Labute approximate surface area is 224 Å². The van der Waals surface area contributed by atoms with Crippen molar-refractivity contribution in [2.24, 2.45) is 0 Å². The number of esters is 1. The van der Waals surface area contributed by atoms with Gasteiger partial charge in [-0.05, 0) is 27.2 Å². The fourth-order valence-electron chi connectivity index (χ4n) is 2.87. The Morgan fingerprint density at radius 3 is 0.886 bits per heavy atom. The summed E-state index contributed by atoms with van der Waals surface area (Å²) in [5, 5.41) is 26.7. The van der Waals surface area contributed by atoms with Gasteiger partial charge in [0, 0.05) is 24.8 Å². The van der Waals surface area contributed by atoms with E-state index < -0.39 is 17.9 Å². The molecule has 9 heteroatoms. The van der Waals surface area contributed by atoms with Crippen LogP contribution >= 0.6 is 0 Å². The zero-order valence-corrected chi connectivity index (χ0v) is 24.0. The smallest absolute Gasteiger partial charge is 0.550 e. The molecule has 0 aliphatic carbocycles. The summed E-state index contributed by atoms with van der Waals surface area (Å²) in [7, 11) is 0. The van der Waals surface area contributed by atoms with Crippen LogP contribution in [0.25, 0.3) is 0 Å². The topological polar surface area (TPSA) is 147 Å². The second-order valence-corrected chi connectivity index (χ2v) is 8.12. The van der Waals surface area contributed by atoms with E-state index in [9.17, 15) is 4.79 Å². The van der Waals surface area contributed by atoms with E-state index in [4.69, 9.17) is 34.4 Å². The minimum atomic E-state index is -1.08. The van der Waals surface area contributed by atoms with Crippen LogP contribution in [0.3, 0.4) is 0 Å². The van der Waals surface area contributed by atoms with Crippen molar-refractivity contribution in [2.45, 2.75) is 137 Å². The molecule has 0 amide bonds. The Balaban J connectivity index is -0.000000191. The van der Waals surface area contributed by atoms with Crippen LogP contribution in [0.1, 0.15) is 137 Å². The molecule has 0 unspecified atom stereocenters. The zero-order chi connectivity index (χ0) is 27.0. The van der Waals surface area contributed by atoms with Gasteiger partial charge in [-0.25, -0.2) is 0 Å². The number of carbonyl (C=O) groups excluding carboxylic acids is 4. The van der Waals surface area contributed by atoms with Crippen molar-refractivity contribution < 1.29 is 39.2 Å². The second-order valence-electron chi connectivity index (χ2n) is 8.12. The van der Waals surface area contributed by atoms with Gasteiger partial charge in [0.05, 0.1) is 6.61 Å². The number of carbonyl (C=O) groups is 4. The molecule has 0 saturated heterocycles. The van der Waals surface area contributed by atoms with Crippen molar-refractivity contribution in [3.63, 3.8) is 0 Å². The molecule has 0 saturated carbocycles. The molecule has 0 aliphatic heterocycles. The standard InChI is InChI=1S/C20H40O2.3C2H4O2.Al/c1-3-4-5-6-7-8-9-10-11-12-13-14-15-16-17-18-19-22-20(2)21;3*1-2(3)4;/h3-19H2,1-2H3;3*1H3,(H,3,4);/q;;;;+3/p-3. The molecule has 0 radical (unpaired) electrons. The Morgan fingerprint density at radius 2 is 0.686 bits per heavy atom. The first-order chi connectivity index (χ1) is 16.0. The molecule has 0 heterocycles. The van der Waals surface area contributed by atoms with Gasteiger partial charge in [0.25, 0.3) is 0 Å². The number of ether oxygens (including phenoxy) is 1. The molecule has 0 aliphatic rings. The number of unbranched alkanes of at least 4 members (excludes halogenated alkanes) is 15. The van der Waals surface area contributed by atoms with E-state index in [1.807, 2.05) is 0 Å². The van der Waals surface area contributed by atoms with E-state index in [0.717, 1.165) is 27.2 Å². The van der Waals surface area contributed by atoms with Crippen LogP contribution in [0.15, 0.2) is 0 Å². The molecule has 0 rings (SSSR count). The number of carboxylic acid groups (broad SMARTS) is 3. The van der Waals surface area contributed by atoms with Crippen molar-refractivity contribution in [1.82, 2.24) is 0 Å². The number of rotatable bonds is 17. The van der Waals surface area contributed by atoms with Crippen molar-refractivity contribution in [3.8, 4) is 0 Å². The SMILES string of the molecule is CC(=O)[O-].CC(=O)[O-].CC(=O)[O-].CCCCCCCCCCCCCCCCCCOC(C)=O.[Al+3]. The maximum absolute atomic E-state index is 10.6. The van der Waals surface area contributed by atoms with E-state index in [0.29, 0.717) is 6.61 Å². The minimum absolute atomic E-state index is 0. The van der Waals surface area contributed by atoms with E-state index in [2.05, 4.69) is 6.92 Å². The van der Waals surface area contributed by atoms with E-state index in [1.165, 1.54) is 103 Å². The summed E-state index contributed by atoms with van der Waals surface area (Å²) in [5.41, 5.74) is 0. The van der Waals surface area contributed by atoms with Gasteiger partial charge in [-0.15, -0.1) is 0 Å². The molecule has 0 aromatic carbocycles. The van der Waals surface area contributed by atoms with Crippen molar-refractivity contribution in [1.29, 1.82) is 0 Å². The molecule has 0 fully saturated rings. The van der Waals surface area contributed by atoms with E-state index in [-0.39, 0.29) is 23.3 Å². The van der Waals surface area contributed by atoms with Crippen LogP contribution in [0, 0.1) is 0 Å². The number of hydrogen-bond acceptors (Lipinski definition) is 8. The van der Waals surface area contributed by atoms with Gasteiger partial charge in [-0.1, -0.05) is 103 Å². The normalized spacial score (nSPS) is 8.94. The Bertz CT molecular complexity index is 430. The summed E-state index contributed by atoms with van der Waals surface area (Å²) >= 11 is 0. The number of aliphatic carboxylic acids is 3. The summed E-state index contributed by atoms with van der Waals surface area (Å²) < 4.78 is 4.92.